The smallest absolute Gasteiger partial charge is 0.288 e. The second kappa shape index (κ2) is 8.55. The minimum absolute atomic E-state index is 0.229. The monoisotopic (exact) mass is 373 g/mol. The van der Waals surface area contributed by atoms with Gasteiger partial charge in [0.25, 0.3) is 5.91 Å². The number of hydrogen-bond acceptors (Lipinski definition) is 5. The number of anilines is 1. The van der Waals surface area contributed by atoms with Crippen molar-refractivity contribution in [1.29, 1.82) is 0 Å². The zero-order chi connectivity index (χ0) is 19.4. The summed E-state index contributed by atoms with van der Waals surface area (Å²) < 4.78 is 0. The molecule has 1 aliphatic carbocycles. The van der Waals surface area contributed by atoms with E-state index in [0.717, 1.165) is 43.8 Å². The number of nitrogens with one attached hydrogen (secondary N) is 1. The van der Waals surface area contributed by atoms with Crippen molar-refractivity contribution in [2.75, 3.05) is 38.1 Å². The maximum atomic E-state index is 11.6. The lowest BCUT2D eigenvalue weighted by molar-refractivity contribution is 0.0952. The molecule has 150 valence electrons. The van der Waals surface area contributed by atoms with Crippen LogP contribution >= 0.6 is 0 Å². The molecule has 6 heteroatoms. The fourth-order valence-corrected chi connectivity index (χ4v) is 4.81. The van der Waals surface area contributed by atoms with Crippen LogP contribution in [0.15, 0.2) is 12.4 Å². The Morgan fingerprint density at radius 2 is 1.78 bits per heavy atom. The maximum Gasteiger partial charge on any atom is 0.288 e. The molecule has 27 heavy (non-hydrogen) atoms. The van der Waals surface area contributed by atoms with Gasteiger partial charge in [0.1, 0.15) is 0 Å². The Hall–Kier alpha value is -1.69. The molecule has 1 saturated carbocycles. The van der Waals surface area contributed by atoms with E-state index in [9.17, 15) is 4.79 Å². The van der Waals surface area contributed by atoms with Gasteiger partial charge in [-0.25, -0.2) is 9.97 Å². The number of hydrogen-bond donors (Lipinski definition) is 1. The van der Waals surface area contributed by atoms with E-state index >= 15 is 0 Å². The van der Waals surface area contributed by atoms with Gasteiger partial charge < -0.3 is 10.2 Å². The van der Waals surface area contributed by atoms with Gasteiger partial charge in [-0.3, -0.25) is 9.69 Å². The third kappa shape index (κ3) is 4.26. The lowest BCUT2D eigenvalue weighted by Crippen LogP contribution is -2.50. The Morgan fingerprint density at radius 3 is 2.33 bits per heavy atom. The van der Waals surface area contributed by atoms with Crippen molar-refractivity contribution in [2.24, 2.45) is 11.3 Å². The molecule has 0 bridgehead atoms. The number of piperazine rings is 1. The van der Waals surface area contributed by atoms with E-state index in [1.165, 1.54) is 32.1 Å². The van der Waals surface area contributed by atoms with Gasteiger partial charge in [-0.2, -0.15) is 0 Å². The minimum atomic E-state index is -0.242. The molecule has 1 saturated heterocycles. The molecule has 2 atom stereocenters. The van der Waals surface area contributed by atoms with E-state index in [0.29, 0.717) is 5.41 Å². The van der Waals surface area contributed by atoms with Crippen molar-refractivity contribution in [3.05, 3.63) is 18.2 Å². The molecule has 2 heterocycles. The van der Waals surface area contributed by atoms with Crippen LogP contribution in [0.4, 0.5) is 5.69 Å². The van der Waals surface area contributed by atoms with Crippen LogP contribution in [-0.4, -0.2) is 60.0 Å². The van der Waals surface area contributed by atoms with Gasteiger partial charge in [0.15, 0.2) is 0 Å². The maximum absolute atomic E-state index is 11.6. The third-order valence-electron chi connectivity index (χ3n) is 7.27. The first kappa shape index (κ1) is 20.1. The van der Waals surface area contributed by atoms with Crippen LogP contribution in [0.2, 0.25) is 0 Å². The largest absolute Gasteiger partial charge is 0.366 e. The molecular formula is C21H35N5O. The van der Waals surface area contributed by atoms with E-state index in [1.54, 1.807) is 19.4 Å². The first-order valence-electron chi connectivity index (χ1n) is 10.5. The summed E-state index contributed by atoms with van der Waals surface area (Å²) in [6.07, 6.45) is 10.2. The second-order valence-electron chi connectivity index (χ2n) is 8.39. The molecule has 1 N–H and O–H groups in total. The summed E-state index contributed by atoms with van der Waals surface area (Å²) in [5.74, 6) is 0.862. The van der Waals surface area contributed by atoms with Crippen molar-refractivity contribution in [2.45, 2.75) is 58.9 Å². The molecule has 1 aromatic heterocycles. The van der Waals surface area contributed by atoms with Crippen molar-refractivity contribution < 1.29 is 4.79 Å². The van der Waals surface area contributed by atoms with Crippen LogP contribution < -0.4 is 10.2 Å². The number of rotatable bonds is 6. The molecule has 2 unspecified atom stereocenters. The van der Waals surface area contributed by atoms with Gasteiger partial charge in [-0.05, 0) is 30.6 Å². The number of carbonyl (C=O) groups is 1. The highest BCUT2D eigenvalue weighted by Gasteiger charge is 2.39. The first-order valence-corrected chi connectivity index (χ1v) is 10.5. The Kier molecular flexibility index (Phi) is 6.35. The van der Waals surface area contributed by atoms with Crippen LogP contribution in [0.1, 0.15) is 63.5 Å². The molecule has 1 aromatic rings. The van der Waals surface area contributed by atoms with E-state index in [4.69, 9.17) is 0 Å². The second-order valence-corrected chi connectivity index (χ2v) is 8.39. The lowest BCUT2D eigenvalue weighted by atomic mass is 9.72. The molecule has 1 aliphatic heterocycles. The van der Waals surface area contributed by atoms with Gasteiger partial charge in [0.2, 0.25) is 5.82 Å². The van der Waals surface area contributed by atoms with Gasteiger partial charge in [-0.15, -0.1) is 0 Å². The van der Waals surface area contributed by atoms with Crippen LogP contribution in [-0.2, 0) is 0 Å². The molecule has 1 amide bonds. The summed E-state index contributed by atoms with van der Waals surface area (Å²) in [7, 11) is 1.59. The molecular weight excluding hydrogens is 338 g/mol. The van der Waals surface area contributed by atoms with E-state index in [2.05, 4.69) is 45.9 Å². The number of aromatic nitrogens is 2. The molecule has 2 aliphatic rings. The normalized spacial score (nSPS) is 24.2. The van der Waals surface area contributed by atoms with Crippen molar-refractivity contribution in [3.63, 3.8) is 0 Å². The van der Waals surface area contributed by atoms with Gasteiger partial charge in [0.05, 0.1) is 18.1 Å². The fourth-order valence-electron chi connectivity index (χ4n) is 4.81. The summed E-state index contributed by atoms with van der Waals surface area (Å²) in [4.78, 5) is 25.0. The van der Waals surface area contributed by atoms with Crippen LogP contribution in [0.3, 0.4) is 0 Å². The first-order chi connectivity index (χ1) is 13.0. The summed E-state index contributed by atoms with van der Waals surface area (Å²) >= 11 is 0. The minimum Gasteiger partial charge on any atom is -0.366 e. The van der Waals surface area contributed by atoms with Crippen molar-refractivity contribution >= 4 is 11.6 Å². The third-order valence-corrected chi connectivity index (χ3v) is 7.27. The highest BCUT2D eigenvalue weighted by molar-refractivity contribution is 5.90. The predicted molar refractivity (Wildman–Crippen MR) is 109 cm³/mol. The molecule has 0 radical (unpaired) electrons. The average Bonchev–Trinajstić information content (AvgIpc) is 3.24. The number of amides is 1. The lowest BCUT2D eigenvalue weighted by Gasteiger charge is -2.40. The zero-order valence-corrected chi connectivity index (χ0v) is 17.4. The van der Waals surface area contributed by atoms with Crippen molar-refractivity contribution in [1.82, 2.24) is 20.2 Å². The fraction of sp³-hybridized carbons (Fsp3) is 0.762. The van der Waals surface area contributed by atoms with E-state index < -0.39 is 0 Å². The summed E-state index contributed by atoms with van der Waals surface area (Å²) in [5, 5.41) is 2.56. The number of nitrogens with zero attached hydrogens (tertiary/aromatic N) is 4. The Morgan fingerprint density at radius 1 is 1.15 bits per heavy atom. The highest BCUT2D eigenvalue weighted by Crippen LogP contribution is 2.45. The van der Waals surface area contributed by atoms with Crippen LogP contribution in [0.25, 0.3) is 0 Å². The average molecular weight is 374 g/mol. The Bertz CT molecular complexity index is 620. The standard InChI is InChI=1S/C21H35N5O/c1-5-21(3,6-2)16-7-8-17(13-16)25-9-11-26(12-10-25)18-14-23-19(24-15-18)20(27)22-4/h14-17H,5-13H2,1-4H3,(H,22,27). The molecule has 6 nitrogen and oxygen atoms in total. The summed E-state index contributed by atoms with van der Waals surface area (Å²) in [6.45, 7) is 11.4. The molecule has 0 aromatic carbocycles. The summed E-state index contributed by atoms with van der Waals surface area (Å²) in [6, 6.07) is 0.751. The van der Waals surface area contributed by atoms with Crippen LogP contribution in [0, 0.1) is 11.3 Å². The quantitative estimate of drug-likeness (QED) is 0.831. The predicted octanol–water partition coefficient (Wildman–Crippen LogP) is 2.95. The Balaban J connectivity index is 1.53. The highest BCUT2D eigenvalue weighted by atomic mass is 16.2. The molecule has 2 fully saturated rings. The van der Waals surface area contributed by atoms with Crippen LogP contribution in [0.5, 0.6) is 0 Å². The van der Waals surface area contributed by atoms with Gasteiger partial charge in [0, 0.05) is 39.3 Å². The summed E-state index contributed by atoms with van der Waals surface area (Å²) in [5.41, 5.74) is 1.52. The van der Waals surface area contributed by atoms with Gasteiger partial charge >= 0.3 is 0 Å². The number of carbonyl (C=O) groups excluding carboxylic acids is 1. The van der Waals surface area contributed by atoms with E-state index in [1.807, 2.05) is 0 Å². The van der Waals surface area contributed by atoms with Gasteiger partial charge in [-0.1, -0.05) is 33.6 Å². The SMILES string of the molecule is CCC(C)(CC)C1CCC(N2CCN(c3cnc(C(=O)NC)nc3)CC2)C1. The van der Waals surface area contributed by atoms with Crippen molar-refractivity contribution in [3.8, 4) is 0 Å². The van der Waals surface area contributed by atoms with E-state index in [-0.39, 0.29) is 11.7 Å². The molecule has 0 spiro atoms. The topological polar surface area (TPSA) is 61.4 Å². The molecule has 3 rings (SSSR count). The zero-order valence-electron chi connectivity index (χ0n) is 17.4. The Labute approximate surface area is 163 Å².